The Morgan fingerprint density at radius 1 is 1.44 bits per heavy atom. The van der Waals surface area contributed by atoms with E-state index in [2.05, 4.69) is 29.8 Å². The minimum absolute atomic E-state index is 0.192. The quantitative estimate of drug-likeness (QED) is 0.762. The van der Waals surface area contributed by atoms with Crippen LogP contribution in [-0.2, 0) is 0 Å². The fraction of sp³-hybridized carbons (Fsp3) is 0.462. The van der Waals surface area contributed by atoms with E-state index in [1.54, 1.807) is 7.11 Å². The number of rotatable bonds is 5. The van der Waals surface area contributed by atoms with E-state index < -0.39 is 0 Å². The standard InChI is InChI=1S/C13H17BrO2/c1-9(2)4-6-12(15)10-5-7-13(16-3)11(14)8-10/h5,7-9H,4,6H2,1-3H3. The van der Waals surface area contributed by atoms with E-state index in [0.717, 1.165) is 22.2 Å². The van der Waals surface area contributed by atoms with Gasteiger partial charge in [-0.15, -0.1) is 0 Å². The first-order valence-electron chi connectivity index (χ1n) is 5.41. The zero-order chi connectivity index (χ0) is 12.1. The molecule has 0 atom stereocenters. The van der Waals surface area contributed by atoms with Gasteiger partial charge in [0.1, 0.15) is 5.75 Å². The fourth-order valence-corrected chi connectivity index (χ4v) is 1.94. The van der Waals surface area contributed by atoms with Crippen molar-refractivity contribution in [1.82, 2.24) is 0 Å². The van der Waals surface area contributed by atoms with Crippen molar-refractivity contribution in [3.63, 3.8) is 0 Å². The molecule has 0 aliphatic carbocycles. The molecule has 0 saturated heterocycles. The predicted octanol–water partition coefficient (Wildman–Crippen LogP) is 4.08. The summed E-state index contributed by atoms with van der Waals surface area (Å²) in [7, 11) is 1.61. The van der Waals surface area contributed by atoms with Gasteiger partial charge in [0.15, 0.2) is 5.78 Å². The van der Waals surface area contributed by atoms with Crippen molar-refractivity contribution in [2.45, 2.75) is 26.7 Å². The molecular formula is C13H17BrO2. The van der Waals surface area contributed by atoms with E-state index in [4.69, 9.17) is 4.74 Å². The molecule has 88 valence electrons. The number of halogens is 1. The second kappa shape index (κ2) is 6.04. The Labute approximate surface area is 105 Å². The summed E-state index contributed by atoms with van der Waals surface area (Å²) in [5, 5.41) is 0. The lowest BCUT2D eigenvalue weighted by Crippen LogP contribution is -2.01. The molecule has 0 saturated carbocycles. The molecule has 16 heavy (non-hydrogen) atoms. The molecule has 1 aromatic rings. The molecule has 0 aliphatic rings. The molecule has 0 aromatic heterocycles. The second-order valence-corrected chi connectivity index (χ2v) is 5.06. The summed E-state index contributed by atoms with van der Waals surface area (Å²) >= 11 is 3.38. The topological polar surface area (TPSA) is 26.3 Å². The van der Waals surface area contributed by atoms with Gasteiger partial charge in [-0.2, -0.15) is 0 Å². The highest BCUT2D eigenvalue weighted by Crippen LogP contribution is 2.26. The van der Waals surface area contributed by atoms with Gasteiger partial charge in [0.05, 0.1) is 11.6 Å². The van der Waals surface area contributed by atoms with Gasteiger partial charge in [-0.3, -0.25) is 4.79 Å². The lowest BCUT2D eigenvalue weighted by molar-refractivity contribution is 0.0975. The molecule has 1 rings (SSSR count). The summed E-state index contributed by atoms with van der Waals surface area (Å²) < 4.78 is 5.94. The first-order chi connectivity index (χ1) is 7.54. The van der Waals surface area contributed by atoms with Crippen LogP contribution in [0.4, 0.5) is 0 Å². The molecule has 0 heterocycles. The number of hydrogen-bond donors (Lipinski definition) is 0. The Morgan fingerprint density at radius 3 is 2.62 bits per heavy atom. The van der Waals surface area contributed by atoms with Crippen molar-refractivity contribution in [3.05, 3.63) is 28.2 Å². The fourth-order valence-electron chi connectivity index (χ4n) is 1.40. The number of benzene rings is 1. The molecule has 0 bridgehead atoms. The number of ketones is 1. The van der Waals surface area contributed by atoms with Crippen molar-refractivity contribution < 1.29 is 9.53 Å². The average molecular weight is 285 g/mol. The second-order valence-electron chi connectivity index (χ2n) is 4.21. The predicted molar refractivity (Wildman–Crippen MR) is 69.1 cm³/mol. The number of ether oxygens (including phenoxy) is 1. The van der Waals surface area contributed by atoms with E-state index in [1.807, 2.05) is 18.2 Å². The monoisotopic (exact) mass is 284 g/mol. The van der Waals surface area contributed by atoms with Gasteiger partial charge in [0.25, 0.3) is 0 Å². The van der Waals surface area contributed by atoms with Crippen LogP contribution in [0.3, 0.4) is 0 Å². The van der Waals surface area contributed by atoms with Crippen LogP contribution < -0.4 is 4.74 Å². The van der Waals surface area contributed by atoms with Gasteiger partial charge in [-0.1, -0.05) is 13.8 Å². The molecule has 0 radical (unpaired) electrons. The Kier molecular flexibility index (Phi) is 5.00. The van der Waals surface area contributed by atoms with Gasteiger partial charge in [-0.25, -0.2) is 0 Å². The molecule has 1 aromatic carbocycles. The number of Topliss-reactive ketones (excluding diaryl/α,β-unsaturated/α-hetero) is 1. The van der Waals surface area contributed by atoms with E-state index in [9.17, 15) is 4.79 Å². The van der Waals surface area contributed by atoms with Gasteiger partial charge in [0, 0.05) is 12.0 Å². The highest BCUT2D eigenvalue weighted by atomic mass is 79.9. The molecule has 0 aliphatic heterocycles. The maximum Gasteiger partial charge on any atom is 0.162 e. The molecule has 0 unspecified atom stereocenters. The van der Waals surface area contributed by atoms with Crippen molar-refractivity contribution in [3.8, 4) is 5.75 Å². The van der Waals surface area contributed by atoms with Crippen LogP contribution in [0.25, 0.3) is 0 Å². The zero-order valence-corrected chi connectivity index (χ0v) is 11.5. The SMILES string of the molecule is COc1ccc(C(=O)CCC(C)C)cc1Br. The largest absolute Gasteiger partial charge is 0.496 e. The molecule has 3 heteroatoms. The van der Waals surface area contributed by atoms with Crippen LogP contribution in [0.1, 0.15) is 37.0 Å². The molecule has 0 amide bonds. The van der Waals surface area contributed by atoms with E-state index in [-0.39, 0.29) is 5.78 Å². The first-order valence-corrected chi connectivity index (χ1v) is 6.20. The van der Waals surface area contributed by atoms with E-state index in [1.165, 1.54) is 0 Å². The van der Waals surface area contributed by atoms with Gasteiger partial charge in [-0.05, 0) is 46.5 Å². The van der Waals surface area contributed by atoms with Crippen LogP contribution in [-0.4, -0.2) is 12.9 Å². The van der Waals surface area contributed by atoms with E-state index >= 15 is 0 Å². The van der Waals surface area contributed by atoms with Crippen molar-refractivity contribution in [2.75, 3.05) is 7.11 Å². The molecule has 0 N–H and O–H groups in total. The lowest BCUT2D eigenvalue weighted by Gasteiger charge is -2.07. The van der Waals surface area contributed by atoms with Crippen molar-refractivity contribution in [2.24, 2.45) is 5.92 Å². The summed E-state index contributed by atoms with van der Waals surface area (Å²) in [6, 6.07) is 5.44. The third-order valence-electron chi connectivity index (χ3n) is 2.42. The van der Waals surface area contributed by atoms with E-state index in [0.29, 0.717) is 12.3 Å². The Balaban J connectivity index is 2.73. The molecular weight excluding hydrogens is 268 g/mol. The van der Waals surface area contributed by atoms with Gasteiger partial charge < -0.3 is 4.74 Å². The summed E-state index contributed by atoms with van der Waals surface area (Å²) in [5.74, 6) is 1.50. The Bertz CT molecular complexity index is 372. The lowest BCUT2D eigenvalue weighted by atomic mass is 10.0. The van der Waals surface area contributed by atoms with Crippen molar-refractivity contribution in [1.29, 1.82) is 0 Å². The summed E-state index contributed by atoms with van der Waals surface area (Å²) in [6.45, 7) is 4.24. The average Bonchev–Trinajstić information content (AvgIpc) is 2.25. The Morgan fingerprint density at radius 2 is 2.12 bits per heavy atom. The number of hydrogen-bond acceptors (Lipinski definition) is 2. The number of carbonyl (C=O) groups is 1. The van der Waals surface area contributed by atoms with Crippen LogP contribution in [0.15, 0.2) is 22.7 Å². The van der Waals surface area contributed by atoms with Crippen LogP contribution in [0.2, 0.25) is 0 Å². The van der Waals surface area contributed by atoms with Crippen LogP contribution in [0, 0.1) is 5.92 Å². The highest BCUT2D eigenvalue weighted by molar-refractivity contribution is 9.10. The van der Waals surface area contributed by atoms with Crippen molar-refractivity contribution >= 4 is 21.7 Å². The third kappa shape index (κ3) is 3.63. The van der Waals surface area contributed by atoms with Crippen LogP contribution >= 0.6 is 15.9 Å². The maximum absolute atomic E-state index is 11.8. The smallest absolute Gasteiger partial charge is 0.162 e. The normalized spacial score (nSPS) is 10.6. The summed E-state index contributed by atoms with van der Waals surface area (Å²) in [4.78, 5) is 11.8. The third-order valence-corrected chi connectivity index (χ3v) is 3.04. The molecule has 2 nitrogen and oxygen atoms in total. The minimum atomic E-state index is 0.192. The molecule has 0 fully saturated rings. The van der Waals surface area contributed by atoms with Gasteiger partial charge in [0.2, 0.25) is 0 Å². The first kappa shape index (κ1) is 13.2. The minimum Gasteiger partial charge on any atom is -0.496 e. The summed E-state index contributed by atoms with van der Waals surface area (Å²) in [6.07, 6.45) is 1.54. The zero-order valence-electron chi connectivity index (χ0n) is 9.92. The number of methoxy groups -OCH3 is 1. The Hall–Kier alpha value is -0.830. The maximum atomic E-state index is 11.8. The van der Waals surface area contributed by atoms with Crippen LogP contribution in [0.5, 0.6) is 5.75 Å². The number of carbonyl (C=O) groups excluding carboxylic acids is 1. The molecule has 0 spiro atoms. The highest BCUT2D eigenvalue weighted by Gasteiger charge is 2.09. The summed E-state index contributed by atoms with van der Waals surface area (Å²) in [5.41, 5.74) is 0.744. The van der Waals surface area contributed by atoms with Gasteiger partial charge >= 0.3 is 0 Å².